The average molecular weight is 302 g/mol. The summed E-state index contributed by atoms with van der Waals surface area (Å²) in [5, 5.41) is 0.501. The minimum atomic E-state index is -1.40. The van der Waals surface area contributed by atoms with Crippen molar-refractivity contribution >= 4 is 17.5 Å². The van der Waals surface area contributed by atoms with Crippen molar-refractivity contribution in [2.45, 2.75) is 11.8 Å². The number of hydrogen-bond donors (Lipinski definition) is 0. The average Bonchev–Trinajstić information content (AvgIpc) is 2.69. The van der Waals surface area contributed by atoms with Crippen LogP contribution in [-0.2, 0) is 4.79 Å². The highest BCUT2D eigenvalue weighted by Gasteiger charge is 2.44. The zero-order valence-corrected chi connectivity index (χ0v) is 12.2. The Morgan fingerprint density at radius 2 is 2.00 bits per heavy atom. The number of nitrogens with zero attached hydrogens (tertiary/aromatic N) is 1. The summed E-state index contributed by atoms with van der Waals surface area (Å²) in [7, 11) is 1.74. The number of fused-ring (bicyclic) bond motifs is 5. The van der Waals surface area contributed by atoms with E-state index in [1.54, 1.807) is 30.1 Å². The smallest absolute Gasteiger partial charge is 0.230 e. The van der Waals surface area contributed by atoms with E-state index in [0.717, 1.165) is 5.56 Å². The number of hydrogen-bond acceptors (Lipinski definition) is 2. The third-order valence-corrected chi connectivity index (χ3v) is 4.36. The molecule has 3 nitrogen and oxygen atoms in total. The molecule has 1 saturated heterocycles. The molecule has 21 heavy (non-hydrogen) atoms. The third kappa shape index (κ3) is 1.84. The summed E-state index contributed by atoms with van der Waals surface area (Å²) < 4.78 is 15.0. The molecule has 0 N–H and O–H groups in total. The van der Waals surface area contributed by atoms with Crippen LogP contribution < -0.4 is 4.74 Å². The largest absolute Gasteiger partial charge is 0.457 e. The topological polar surface area (TPSA) is 29.5 Å². The van der Waals surface area contributed by atoms with Crippen LogP contribution in [-0.4, -0.2) is 24.4 Å². The van der Waals surface area contributed by atoms with Gasteiger partial charge in [-0.2, -0.15) is 0 Å². The Hall–Kier alpha value is -2.00. The summed E-state index contributed by atoms with van der Waals surface area (Å²) in [6, 6.07) is 12.8. The monoisotopic (exact) mass is 301 g/mol. The fourth-order valence-electron chi connectivity index (χ4n) is 3.14. The van der Waals surface area contributed by atoms with E-state index in [1.807, 2.05) is 24.3 Å². The van der Waals surface area contributed by atoms with Gasteiger partial charge < -0.3 is 9.64 Å². The van der Waals surface area contributed by atoms with Crippen LogP contribution in [0.15, 0.2) is 42.5 Å². The van der Waals surface area contributed by atoms with E-state index in [1.165, 1.54) is 0 Å². The minimum absolute atomic E-state index is 0.221. The molecule has 2 atom stereocenters. The maximum Gasteiger partial charge on any atom is 0.230 e. The van der Waals surface area contributed by atoms with Crippen LogP contribution in [0.1, 0.15) is 24.3 Å². The summed E-state index contributed by atoms with van der Waals surface area (Å²) in [5.74, 6) is -0.671. The number of benzene rings is 2. The molecule has 1 fully saturated rings. The molecule has 0 bridgehead atoms. The zero-order chi connectivity index (χ0) is 15.5. The van der Waals surface area contributed by atoms with Gasteiger partial charge in [0.15, 0.2) is 0 Å². The first-order valence-electron chi connectivity index (χ1n) is 7.34. The highest BCUT2D eigenvalue weighted by molar-refractivity contribution is 6.30. The van der Waals surface area contributed by atoms with Crippen LogP contribution >= 0.6 is 11.6 Å². The van der Waals surface area contributed by atoms with Crippen molar-refractivity contribution in [1.82, 2.24) is 4.90 Å². The lowest BCUT2D eigenvalue weighted by Crippen LogP contribution is -2.21. The Labute approximate surface area is 129 Å². The lowest BCUT2D eigenvalue weighted by atomic mass is 9.84. The van der Waals surface area contributed by atoms with E-state index in [4.69, 9.17) is 17.7 Å². The lowest BCUT2D eigenvalue weighted by molar-refractivity contribution is -0.127. The van der Waals surface area contributed by atoms with Gasteiger partial charge >= 0.3 is 0 Å². The van der Waals surface area contributed by atoms with Gasteiger partial charge in [0.05, 0.1) is 5.89 Å². The molecule has 0 saturated carbocycles. The predicted molar refractivity (Wildman–Crippen MR) is 81.1 cm³/mol. The molecule has 2 heterocycles. The second-order valence-corrected chi connectivity index (χ2v) is 5.87. The molecule has 106 valence electrons. The van der Waals surface area contributed by atoms with Gasteiger partial charge in [-0.25, -0.2) is 0 Å². The van der Waals surface area contributed by atoms with Crippen LogP contribution in [0, 0.1) is 0 Å². The molecule has 2 aliphatic rings. The minimum Gasteiger partial charge on any atom is -0.457 e. The molecular formula is C17H14ClNO2. The molecule has 0 radical (unpaired) electrons. The fraction of sp³-hybridized carbons (Fsp3) is 0.235. The van der Waals surface area contributed by atoms with E-state index < -0.39 is 5.89 Å². The highest BCUT2D eigenvalue weighted by atomic mass is 35.5. The van der Waals surface area contributed by atoms with Gasteiger partial charge in [0.2, 0.25) is 5.91 Å². The standard InChI is InChI=1S/C17H14ClNO2/c1-19-9-13-11-4-2-3-5-14(11)21-15-7-6-10(18)8-12(15)16(13)17(19)20/h2-8,13,16H,9H2,1H3/t13-,16+/m0/s1/i16T. The van der Waals surface area contributed by atoms with Crippen molar-refractivity contribution in [3.05, 3.63) is 58.6 Å². The molecule has 1 amide bonds. The van der Waals surface area contributed by atoms with Crippen LogP contribution in [0.3, 0.4) is 0 Å². The molecule has 0 unspecified atom stereocenters. The second kappa shape index (κ2) is 4.50. The molecule has 0 aliphatic carbocycles. The molecule has 2 aromatic carbocycles. The number of carbonyl (C=O) groups is 1. The number of para-hydroxylation sites is 1. The SMILES string of the molecule is [3H][C@]12C(=O)N(C)C[C@H]1c1ccccc1Oc1ccc(Cl)cc12. The number of rotatable bonds is 0. The Kier molecular flexibility index (Phi) is 2.49. The van der Waals surface area contributed by atoms with E-state index in [-0.39, 0.29) is 11.8 Å². The first-order valence-corrected chi connectivity index (χ1v) is 7.22. The Balaban J connectivity index is 2.05. The Bertz CT molecular complexity index is 794. The van der Waals surface area contributed by atoms with Crippen molar-refractivity contribution in [1.29, 1.82) is 0 Å². The molecule has 0 aromatic heterocycles. The molecule has 4 rings (SSSR count). The Morgan fingerprint density at radius 1 is 1.24 bits per heavy atom. The maximum atomic E-state index is 12.7. The predicted octanol–water partition coefficient (Wildman–Crippen LogP) is 3.79. The molecular weight excluding hydrogens is 286 g/mol. The summed E-state index contributed by atoms with van der Waals surface area (Å²) in [6.07, 6.45) is 0. The first kappa shape index (κ1) is 11.6. The van der Waals surface area contributed by atoms with Gasteiger partial charge in [0.1, 0.15) is 11.5 Å². The van der Waals surface area contributed by atoms with Crippen molar-refractivity contribution in [3.8, 4) is 11.5 Å². The quantitative estimate of drug-likeness (QED) is 0.741. The van der Waals surface area contributed by atoms with E-state index in [0.29, 0.717) is 28.6 Å². The van der Waals surface area contributed by atoms with E-state index >= 15 is 0 Å². The van der Waals surface area contributed by atoms with Gasteiger partial charge in [0.25, 0.3) is 0 Å². The van der Waals surface area contributed by atoms with Crippen LogP contribution in [0.4, 0.5) is 0 Å². The van der Waals surface area contributed by atoms with Gasteiger partial charge in [-0.3, -0.25) is 4.79 Å². The van der Waals surface area contributed by atoms with Crippen molar-refractivity contribution in [2.24, 2.45) is 0 Å². The Morgan fingerprint density at radius 3 is 2.86 bits per heavy atom. The first-order chi connectivity index (χ1) is 10.5. The summed E-state index contributed by atoms with van der Waals surface area (Å²) >= 11 is 6.11. The number of ether oxygens (including phenoxy) is 1. The summed E-state index contributed by atoms with van der Waals surface area (Å²) in [5.41, 5.74) is 1.43. The fourth-order valence-corrected chi connectivity index (χ4v) is 3.31. The van der Waals surface area contributed by atoms with Gasteiger partial charge in [0, 0.05) is 37.0 Å². The third-order valence-electron chi connectivity index (χ3n) is 4.13. The van der Waals surface area contributed by atoms with Gasteiger partial charge in [-0.15, -0.1) is 0 Å². The number of likely N-dealkylation sites (N-methyl/N-ethyl adjacent to an activating group) is 1. The maximum absolute atomic E-state index is 12.7. The van der Waals surface area contributed by atoms with E-state index in [2.05, 4.69) is 0 Å². The zero-order valence-electron chi connectivity index (χ0n) is 12.5. The number of amides is 1. The normalized spacial score (nSPS) is 27.1. The van der Waals surface area contributed by atoms with Gasteiger partial charge in [-0.1, -0.05) is 29.8 Å². The summed E-state index contributed by atoms with van der Waals surface area (Å²) in [6.45, 7) is 0.495. The van der Waals surface area contributed by atoms with E-state index in [9.17, 15) is 4.79 Å². The lowest BCUT2D eigenvalue weighted by Gasteiger charge is -2.15. The molecule has 2 aliphatic heterocycles. The second-order valence-electron chi connectivity index (χ2n) is 5.43. The van der Waals surface area contributed by atoms with Crippen LogP contribution in [0.25, 0.3) is 0 Å². The number of carbonyl (C=O) groups excluding carboxylic acids is 1. The number of halogens is 1. The van der Waals surface area contributed by atoms with Crippen LogP contribution in [0.5, 0.6) is 11.5 Å². The number of likely N-dealkylation sites (tertiary alicyclic amines) is 1. The van der Waals surface area contributed by atoms with Crippen molar-refractivity contribution < 1.29 is 10.9 Å². The molecule has 4 heteroatoms. The summed E-state index contributed by atoms with van der Waals surface area (Å²) in [4.78, 5) is 14.4. The van der Waals surface area contributed by atoms with Crippen molar-refractivity contribution in [2.75, 3.05) is 13.6 Å². The van der Waals surface area contributed by atoms with Crippen molar-refractivity contribution in [3.63, 3.8) is 0 Å². The molecule has 0 spiro atoms. The molecule has 2 aromatic rings. The highest BCUT2D eigenvalue weighted by Crippen LogP contribution is 2.50. The van der Waals surface area contributed by atoms with Crippen LogP contribution in [0.2, 0.25) is 5.02 Å². The van der Waals surface area contributed by atoms with Gasteiger partial charge in [-0.05, 0) is 24.3 Å².